The van der Waals surface area contributed by atoms with Gasteiger partial charge in [-0.1, -0.05) is 13.8 Å². The number of likely N-dealkylation sites (N-methyl/N-ethyl adjacent to an activating group) is 1. The van der Waals surface area contributed by atoms with Gasteiger partial charge in [-0.05, 0) is 77.5 Å². The van der Waals surface area contributed by atoms with Crippen LogP contribution >= 0.6 is 0 Å². The molecule has 0 atom stereocenters. The Hall–Kier alpha value is -3.39. The van der Waals surface area contributed by atoms with E-state index in [1.807, 2.05) is 13.8 Å². The Kier molecular flexibility index (Phi) is 7.85. The number of ether oxygens (including phenoxy) is 1. The van der Waals surface area contributed by atoms with Crippen LogP contribution in [0.25, 0.3) is 11.6 Å². The van der Waals surface area contributed by atoms with Crippen molar-refractivity contribution in [3.8, 4) is 5.75 Å². The molecule has 1 aliphatic heterocycles. The van der Waals surface area contributed by atoms with Crippen molar-refractivity contribution in [2.24, 2.45) is 5.41 Å². The van der Waals surface area contributed by atoms with E-state index in [-0.39, 0.29) is 17.8 Å². The van der Waals surface area contributed by atoms with Crippen molar-refractivity contribution >= 4 is 35.1 Å². The second kappa shape index (κ2) is 10.5. The number of H-pyrrole nitrogens is 1. The third-order valence-corrected chi connectivity index (χ3v) is 6.20. The fourth-order valence-electron chi connectivity index (χ4n) is 3.99. The molecular weight excluding hydrogens is 444 g/mol. The van der Waals surface area contributed by atoms with E-state index in [0.29, 0.717) is 40.4 Å². The number of benzene rings is 1. The van der Waals surface area contributed by atoms with Gasteiger partial charge in [0.2, 0.25) is 0 Å². The number of nitrogens with one attached hydrogen (secondary N) is 3. The molecule has 0 fully saturated rings. The molecule has 8 heteroatoms. The molecule has 2 heterocycles. The maximum Gasteiger partial charge on any atom is 0.316 e. The van der Waals surface area contributed by atoms with Crippen molar-refractivity contribution in [1.82, 2.24) is 15.2 Å². The number of aryl methyl sites for hydroxylation is 1. The summed E-state index contributed by atoms with van der Waals surface area (Å²) in [5, 5.41) is 5.85. The summed E-state index contributed by atoms with van der Waals surface area (Å²) in [6.07, 6.45) is 1.74. The highest BCUT2D eigenvalue weighted by molar-refractivity contribution is 6.35. The molecule has 0 saturated carbocycles. The van der Waals surface area contributed by atoms with E-state index in [2.05, 4.69) is 34.4 Å². The van der Waals surface area contributed by atoms with E-state index in [9.17, 15) is 14.4 Å². The second-order valence-electron chi connectivity index (χ2n) is 9.81. The number of aromatic nitrogens is 1. The largest absolute Gasteiger partial charge is 0.426 e. The smallest absolute Gasteiger partial charge is 0.316 e. The van der Waals surface area contributed by atoms with Gasteiger partial charge in [-0.15, -0.1) is 0 Å². The minimum atomic E-state index is -0.646. The van der Waals surface area contributed by atoms with Crippen LogP contribution in [0.5, 0.6) is 5.75 Å². The van der Waals surface area contributed by atoms with Crippen LogP contribution in [0.15, 0.2) is 18.2 Å². The number of hydrogen-bond donors (Lipinski definition) is 3. The van der Waals surface area contributed by atoms with Gasteiger partial charge in [0.15, 0.2) is 0 Å². The van der Waals surface area contributed by atoms with Gasteiger partial charge in [0.25, 0.3) is 11.8 Å². The molecule has 2 amide bonds. The molecule has 1 aromatic heterocycles. The van der Waals surface area contributed by atoms with Gasteiger partial charge in [0, 0.05) is 35.7 Å². The Morgan fingerprint density at radius 2 is 1.83 bits per heavy atom. The summed E-state index contributed by atoms with van der Waals surface area (Å²) in [7, 11) is 0. The lowest BCUT2D eigenvalue weighted by Gasteiger charge is -2.18. The monoisotopic (exact) mass is 480 g/mol. The van der Waals surface area contributed by atoms with Gasteiger partial charge in [-0.2, -0.15) is 0 Å². The fraction of sp³-hybridized carbons (Fsp3) is 0.444. The zero-order valence-electron chi connectivity index (χ0n) is 21.7. The maximum atomic E-state index is 12.9. The SMILES string of the molecule is CCN(CC)CCNC(=O)c1c(C)[nH]c(/C=C2\C(=O)Nc3ccc(OC(=O)C(C)(C)C)cc32)c1C. The van der Waals surface area contributed by atoms with Crippen LogP contribution < -0.4 is 15.4 Å². The lowest BCUT2D eigenvalue weighted by atomic mass is 9.97. The third kappa shape index (κ3) is 5.82. The molecule has 1 aliphatic rings. The predicted molar refractivity (Wildman–Crippen MR) is 138 cm³/mol. The Morgan fingerprint density at radius 3 is 2.46 bits per heavy atom. The van der Waals surface area contributed by atoms with Crippen LogP contribution in [0, 0.1) is 19.3 Å². The molecule has 0 unspecified atom stereocenters. The van der Waals surface area contributed by atoms with Gasteiger partial charge in [-0.3, -0.25) is 14.4 Å². The average molecular weight is 481 g/mol. The van der Waals surface area contributed by atoms with Crippen LogP contribution in [-0.4, -0.2) is 53.8 Å². The summed E-state index contributed by atoms with van der Waals surface area (Å²) < 4.78 is 5.52. The quantitative estimate of drug-likeness (QED) is 0.299. The number of anilines is 1. The van der Waals surface area contributed by atoms with Crippen LogP contribution in [0.3, 0.4) is 0 Å². The van der Waals surface area contributed by atoms with E-state index in [1.54, 1.807) is 45.0 Å². The Bertz CT molecular complexity index is 1170. The molecule has 0 aliphatic carbocycles. The summed E-state index contributed by atoms with van der Waals surface area (Å²) >= 11 is 0. The molecule has 0 saturated heterocycles. The van der Waals surface area contributed by atoms with Crippen molar-refractivity contribution in [2.75, 3.05) is 31.5 Å². The minimum absolute atomic E-state index is 0.138. The number of hydrogen-bond acceptors (Lipinski definition) is 5. The highest BCUT2D eigenvalue weighted by Gasteiger charge is 2.28. The zero-order valence-corrected chi connectivity index (χ0v) is 21.7. The number of esters is 1. The molecule has 3 N–H and O–H groups in total. The third-order valence-electron chi connectivity index (χ3n) is 6.20. The highest BCUT2D eigenvalue weighted by atomic mass is 16.5. The summed E-state index contributed by atoms with van der Waals surface area (Å²) in [6.45, 7) is 16.5. The molecule has 35 heavy (non-hydrogen) atoms. The predicted octanol–water partition coefficient (Wildman–Crippen LogP) is 4.15. The first-order valence-corrected chi connectivity index (χ1v) is 12.1. The molecule has 2 aromatic rings. The molecular formula is C27H36N4O4. The molecule has 188 valence electrons. The minimum Gasteiger partial charge on any atom is -0.426 e. The van der Waals surface area contributed by atoms with Crippen LogP contribution in [0.2, 0.25) is 0 Å². The van der Waals surface area contributed by atoms with Gasteiger partial charge >= 0.3 is 5.97 Å². The number of rotatable bonds is 8. The van der Waals surface area contributed by atoms with Crippen molar-refractivity contribution in [2.45, 2.75) is 48.5 Å². The normalized spacial score (nSPS) is 14.3. The topological polar surface area (TPSA) is 104 Å². The molecule has 0 radical (unpaired) electrons. The zero-order chi connectivity index (χ0) is 25.9. The first-order valence-electron chi connectivity index (χ1n) is 12.1. The van der Waals surface area contributed by atoms with Gasteiger partial charge < -0.3 is 25.3 Å². The Labute approximate surface area is 207 Å². The van der Waals surface area contributed by atoms with Crippen LogP contribution in [-0.2, 0) is 9.59 Å². The van der Waals surface area contributed by atoms with Crippen molar-refractivity contribution in [3.05, 3.63) is 46.3 Å². The molecule has 1 aromatic carbocycles. The first kappa shape index (κ1) is 26.2. The van der Waals surface area contributed by atoms with E-state index >= 15 is 0 Å². The van der Waals surface area contributed by atoms with Crippen molar-refractivity contribution < 1.29 is 19.1 Å². The van der Waals surface area contributed by atoms with Crippen LogP contribution in [0.1, 0.15) is 67.5 Å². The lowest BCUT2D eigenvalue weighted by molar-refractivity contribution is -0.143. The maximum absolute atomic E-state index is 12.9. The van der Waals surface area contributed by atoms with Gasteiger partial charge in [0.1, 0.15) is 5.75 Å². The highest BCUT2D eigenvalue weighted by Crippen LogP contribution is 2.37. The summed E-state index contributed by atoms with van der Waals surface area (Å²) in [5.74, 6) is -0.372. The van der Waals surface area contributed by atoms with E-state index < -0.39 is 5.41 Å². The molecule has 0 spiro atoms. The first-order chi connectivity index (χ1) is 16.5. The fourth-order valence-corrected chi connectivity index (χ4v) is 3.99. The standard InChI is InChI=1S/C27H36N4O4/c1-8-31(9-2)13-12-28-25(33)23-16(3)22(29-17(23)4)15-20-19-14-18(35-26(34)27(5,6)7)10-11-21(19)30-24(20)32/h10-11,14-15,29H,8-9,12-13H2,1-7H3,(H,28,33)(H,30,32)/b20-15-. The summed E-state index contributed by atoms with van der Waals surface area (Å²) in [6, 6.07) is 5.08. The number of amides is 2. The van der Waals surface area contributed by atoms with E-state index in [1.165, 1.54) is 0 Å². The average Bonchev–Trinajstić information content (AvgIpc) is 3.25. The van der Waals surface area contributed by atoms with E-state index in [4.69, 9.17) is 4.74 Å². The van der Waals surface area contributed by atoms with Crippen LogP contribution in [0.4, 0.5) is 5.69 Å². The van der Waals surface area contributed by atoms with Crippen molar-refractivity contribution in [1.29, 1.82) is 0 Å². The number of carbonyl (C=O) groups is 3. The van der Waals surface area contributed by atoms with E-state index in [0.717, 1.165) is 30.9 Å². The second-order valence-corrected chi connectivity index (χ2v) is 9.81. The number of fused-ring (bicyclic) bond motifs is 1. The van der Waals surface area contributed by atoms with Gasteiger partial charge in [-0.25, -0.2) is 0 Å². The molecule has 3 rings (SSSR count). The summed E-state index contributed by atoms with van der Waals surface area (Å²) in [5.41, 5.74) is 3.86. The molecule has 0 bridgehead atoms. The lowest BCUT2D eigenvalue weighted by Crippen LogP contribution is -2.35. The Balaban J connectivity index is 1.85. The van der Waals surface area contributed by atoms with Crippen molar-refractivity contribution in [3.63, 3.8) is 0 Å². The Morgan fingerprint density at radius 1 is 1.14 bits per heavy atom. The number of carbonyl (C=O) groups excluding carboxylic acids is 3. The number of nitrogens with zero attached hydrogens (tertiary/aromatic N) is 1. The molecule has 8 nitrogen and oxygen atoms in total. The number of aromatic amines is 1. The van der Waals surface area contributed by atoms with Gasteiger partial charge in [0.05, 0.1) is 16.6 Å². The summed E-state index contributed by atoms with van der Waals surface area (Å²) in [4.78, 5) is 43.4.